The van der Waals surface area contributed by atoms with E-state index in [2.05, 4.69) is 15.0 Å². The van der Waals surface area contributed by atoms with Gasteiger partial charge in [0, 0.05) is 10.5 Å². The lowest BCUT2D eigenvalue weighted by molar-refractivity contribution is -0.691. The van der Waals surface area contributed by atoms with Crippen molar-refractivity contribution in [2.45, 2.75) is 13.1 Å². The Kier molecular flexibility index (Phi) is 4.21. The van der Waals surface area contributed by atoms with Crippen LogP contribution in [0, 0.1) is 0 Å². The minimum absolute atomic E-state index is 0.000938. The Hall–Kier alpha value is -2.72. The number of aromatic nitrogens is 2. The fraction of sp³-hybridized carbons (Fsp3) is 0.154. The van der Waals surface area contributed by atoms with E-state index in [4.69, 9.17) is 5.53 Å². The lowest BCUT2D eigenvalue weighted by Gasteiger charge is -2.01. The standard InChI is InChI=1S/C13H12N5O/c14-17-16-9-12-8-15-6-7-18(12)10-13(19)11-4-2-1-3-5-11/h1-8H,9-10H2/q+1. The minimum atomic E-state index is -0.000938. The molecule has 0 radical (unpaired) electrons. The Balaban J connectivity index is 2.19. The summed E-state index contributed by atoms with van der Waals surface area (Å²) in [6, 6.07) is 9.06. The smallest absolute Gasteiger partial charge is 0.227 e. The number of azide groups is 1. The maximum atomic E-state index is 12.1. The fourth-order valence-corrected chi connectivity index (χ4v) is 1.68. The van der Waals surface area contributed by atoms with Gasteiger partial charge in [0.1, 0.15) is 6.54 Å². The molecule has 0 saturated carbocycles. The van der Waals surface area contributed by atoms with Crippen molar-refractivity contribution >= 4 is 5.78 Å². The summed E-state index contributed by atoms with van der Waals surface area (Å²) in [5, 5.41) is 3.49. The summed E-state index contributed by atoms with van der Waals surface area (Å²) in [5.41, 5.74) is 9.69. The summed E-state index contributed by atoms with van der Waals surface area (Å²) in [6.45, 7) is 0.370. The number of hydrogen-bond donors (Lipinski definition) is 0. The van der Waals surface area contributed by atoms with E-state index in [1.165, 1.54) is 0 Å². The normalized spacial score (nSPS) is 9.68. The number of ketones is 1. The van der Waals surface area contributed by atoms with Gasteiger partial charge in [-0.2, -0.15) is 4.57 Å². The second-order valence-corrected chi connectivity index (χ2v) is 3.87. The highest BCUT2D eigenvalue weighted by Gasteiger charge is 2.15. The lowest BCUT2D eigenvalue weighted by atomic mass is 10.1. The average Bonchev–Trinajstić information content (AvgIpc) is 2.47. The summed E-state index contributed by atoms with van der Waals surface area (Å²) >= 11 is 0. The van der Waals surface area contributed by atoms with Crippen LogP contribution >= 0.6 is 0 Å². The third-order valence-corrected chi connectivity index (χ3v) is 2.63. The van der Waals surface area contributed by atoms with Gasteiger partial charge in [0.15, 0.2) is 6.20 Å². The molecular weight excluding hydrogens is 242 g/mol. The predicted octanol–water partition coefficient (Wildman–Crippen LogP) is 2.06. The Morgan fingerprint density at radius 2 is 2.16 bits per heavy atom. The number of Topliss-reactive ketones (excluding diaryl/α,β-unsaturated/α-hetero) is 1. The molecular formula is C13H12N5O+. The van der Waals surface area contributed by atoms with Crippen molar-refractivity contribution in [3.05, 3.63) is 70.6 Å². The molecule has 6 heteroatoms. The van der Waals surface area contributed by atoms with E-state index < -0.39 is 0 Å². The summed E-state index contributed by atoms with van der Waals surface area (Å²) in [5.74, 6) is -0.000938. The molecule has 2 aromatic rings. The zero-order chi connectivity index (χ0) is 13.5. The number of carbonyl (C=O) groups excluding carboxylic acids is 1. The van der Waals surface area contributed by atoms with Crippen molar-refractivity contribution in [1.82, 2.24) is 4.98 Å². The first kappa shape index (κ1) is 12.7. The Morgan fingerprint density at radius 3 is 2.89 bits per heavy atom. The molecule has 0 aliphatic carbocycles. The zero-order valence-corrected chi connectivity index (χ0v) is 10.2. The van der Waals surface area contributed by atoms with Gasteiger partial charge in [-0.05, 0) is 5.53 Å². The number of benzene rings is 1. The van der Waals surface area contributed by atoms with Crippen LogP contribution in [0.3, 0.4) is 0 Å². The van der Waals surface area contributed by atoms with Crippen molar-refractivity contribution in [2.24, 2.45) is 5.11 Å². The number of rotatable bonds is 5. The fourth-order valence-electron chi connectivity index (χ4n) is 1.68. The van der Waals surface area contributed by atoms with Crippen LogP contribution in [-0.4, -0.2) is 10.8 Å². The highest BCUT2D eigenvalue weighted by Crippen LogP contribution is 2.01. The molecule has 0 aliphatic rings. The monoisotopic (exact) mass is 254 g/mol. The van der Waals surface area contributed by atoms with E-state index in [1.54, 1.807) is 35.3 Å². The first-order chi connectivity index (χ1) is 9.31. The van der Waals surface area contributed by atoms with Crippen molar-refractivity contribution in [1.29, 1.82) is 0 Å². The third kappa shape index (κ3) is 3.37. The highest BCUT2D eigenvalue weighted by atomic mass is 16.1. The Morgan fingerprint density at radius 1 is 1.37 bits per heavy atom. The second-order valence-electron chi connectivity index (χ2n) is 3.87. The van der Waals surface area contributed by atoms with Crippen molar-refractivity contribution in [3.63, 3.8) is 0 Å². The van der Waals surface area contributed by atoms with Crippen molar-refractivity contribution in [2.75, 3.05) is 0 Å². The van der Waals surface area contributed by atoms with Crippen LogP contribution in [0.1, 0.15) is 16.1 Å². The Labute approximate surface area is 110 Å². The van der Waals surface area contributed by atoms with Crippen LogP contribution in [0.15, 0.2) is 54.0 Å². The summed E-state index contributed by atoms with van der Waals surface area (Å²) in [6.07, 6.45) is 4.88. The van der Waals surface area contributed by atoms with Gasteiger partial charge >= 0.3 is 0 Å². The van der Waals surface area contributed by atoms with Crippen LogP contribution in [0.25, 0.3) is 10.4 Å². The van der Waals surface area contributed by atoms with Gasteiger partial charge in [0.05, 0.1) is 12.4 Å². The molecule has 0 spiro atoms. The molecule has 0 aliphatic heterocycles. The second kappa shape index (κ2) is 6.28. The van der Waals surface area contributed by atoms with Gasteiger partial charge < -0.3 is 0 Å². The van der Waals surface area contributed by atoms with E-state index in [0.29, 0.717) is 11.3 Å². The van der Waals surface area contributed by atoms with Crippen LogP contribution in [-0.2, 0) is 13.1 Å². The molecule has 0 amide bonds. The van der Waals surface area contributed by atoms with E-state index >= 15 is 0 Å². The van der Waals surface area contributed by atoms with E-state index in [0.717, 1.165) is 0 Å². The quantitative estimate of drug-likeness (QED) is 0.269. The minimum Gasteiger partial charge on any atom is -0.287 e. The molecule has 0 bridgehead atoms. The van der Waals surface area contributed by atoms with Gasteiger partial charge in [-0.3, -0.25) is 9.78 Å². The third-order valence-electron chi connectivity index (χ3n) is 2.63. The molecule has 0 atom stereocenters. The summed E-state index contributed by atoms with van der Waals surface area (Å²) in [7, 11) is 0. The van der Waals surface area contributed by atoms with E-state index in [1.807, 2.05) is 18.2 Å². The van der Waals surface area contributed by atoms with Crippen LogP contribution in [0.5, 0.6) is 0 Å². The van der Waals surface area contributed by atoms with Crippen LogP contribution < -0.4 is 4.57 Å². The molecule has 0 fully saturated rings. The first-order valence-corrected chi connectivity index (χ1v) is 5.72. The maximum absolute atomic E-state index is 12.1. The topological polar surface area (TPSA) is 82.6 Å². The molecule has 0 unspecified atom stereocenters. The number of nitrogens with zero attached hydrogens (tertiary/aromatic N) is 5. The first-order valence-electron chi connectivity index (χ1n) is 5.72. The maximum Gasteiger partial charge on any atom is 0.227 e. The van der Waals surface area contributed by atoms with E-state index in [9.17, 15) is 4.79 Å². The van der Waals surface area contributed by atoms with Gasteiger partial charge in [-0.15, -0.1) is 0 Å². The molecule has 2 rings (SSSR count). The summed E-state index contributed by atoms with van der Waals surface area (Å²) in [4.78, 5) is 18.8. The Bertz CT molecular complexity index is 620. The molecule has 1 aromatic carbocycles. The molecule has 1 aromatic heterocycles. The summed E-state index contributed by atoms with van der Waals surface area (Å²) < 4.78 is 1.73. The zero-order valence-electron chi connectivity index (χ0n) is 10.2. The van der Waals surface area contributed by atoms with Crippen LogP contribution in [0.4, 0.5) is 0 Å². The molecule has 94 valence electrons. The average molecular weight is 254 g/mol. The molecule has 19 heavy (non-hydrogen) atoms. The molecule has 0 saturated heterocycles. The van der Waals surface area contributed by atoms with Crippen LogP contribution in [0.2, 0.25) is 0 Å². The van der Waals surface area contributed by atoms with Gasteiger partial charge in [-0.25, -0.2) is 0 Å². The molecule has 1 heterocycles. The predicted molar refractivity (Wildman–Crippen MR) is 68.1 cm³/mol. The number of carbonyl (C=O) groups is 1. The van der Waals surface area contributed by atoms with Crippen molar-refractivity contribution in [3.8, 4) is 0 Å². The van der Waals surface area contributed by atoms with Crippen molar-refractivity contribution < 1.29 is 9.36 Å². The lowest BCUT2D eigenvalue weighted by Crippen LogP contribution is -2.41. The molecule has 0 N–H and O–H groups in total. The molecule has 6 nitrogen and oxygen atoms in total. The highest BCUT2D eigenvalue weighted by molar-refractivity contribution is 5.94. The number of hydrogen-bond acceptors (Lipinski definition) is 3. The SMILES string of the molecule is [N-]=[N+]=NCc1cncc[n+]1CC(=O)c1ccccc1. The van der Waals surface area contributed by atoms with Gasteiger partial charge in [0.25, 0.3) is 0 Å². The van der Waals surface area contributed by atoms with Gasteiger partial charge in [-0.1, -0.05) is 35.4 Å². The largest absolute Gasteiger partial charge is 0.287 e. The van der Waals surface area contributed by atoms with Gasteiger partial charge in [0.2, 0.25) is 18.0 Å². The van der Waals surface area contributed by atoms with E-state index in [-0.39, 0.29) is 18.9 Å².